The van der Waals surface area contributed by atoms with E-state index in [1.165, 1.54) is 52.0 Å². The summed E-state index contributed by atoms with van der Waals surface area (Å²) >= 11 is 0. The van der Waals surface area contributed by atoms with Gasteiger partial charge < -0.3 is 79.6 Å². The van der Waals surface area contributed by atoms with E-state index in [2.05, 4.69) is 96.0 Å². The summed E-state index contributed by atoms with van der Waals surface area (Å²) < 4.78 is 0. The van der Waals surface area contributed by atoms with Crippen molar-refractivity contribution in [2.45, 2.75) is 379 Å². The number of carboxylic acids is 1. The van der Waals surface area contributed by atoms with E-state index < -0.39 is 221 Å². The molecular weight excluding hydrogens is 1930 g/mol. The van der Waals surface area contributed by atoms with Crippen LogP contribution in [0.5, 0.6) is 5.75 Å². The van der Waals surface area contributed by atoms with Crippen LogP contribution in [0.4, 0.5) is 0 Å². The van der Waals surface area contributed by atoms with E-state index >= 15 is 24.0 Å². The standard InChI is InChI=1S/C107H166N20O23/c1-62(2)52-83(118-72(13)129)103(148)120-97(71(12)128)100(145)98(143)82(54-73-30-24-23-25-31-73)126-127-107(15)48-29-22-20-18-16-17-19-21-28-47-106(14,94(139)60-114-67(8)90(135)46-51-112-66(7)89(134)45-50-111-65(6)88(133)44-49-110-64(5)86(131)40-41-87(132)68(9)116-61-117-70(11)102(109)147)121-105(150)84(53-63(3)4)124-122-79(38-42-95(108)140)93(138)59-113-69(10)91(136)57-92(137)81(56-75-58-115-78-33-27-26-32-77(75)78)123-125-85(55-74-34-36-76(130)37-35-74)104(149)119-80(39-43-96(141)142)99(144)101(107)146/h23-27,30-37,58,62-71,79-85,97,110-117,122-128,130H,16-22,28-29,38-57,59-61H2,1-15H3,(H2,108,140)(H2,109,147)(H,118,129)(H,119,149)(H,120,148)(H,121,150)(H,141,142)/t64-,65-,66-,67-,68-,69-,70+,71+,79-,80-,81-,82-,83-,84-,85-,97-,106-,107+/m0/s1. The van der Waals surface area contributed by atoms with Gasteiger partial charge in [-0.1, -0.05) is 146 Å². The van der Waals surface area contributed by atoms with Gasteiger partial charge in [-0.2, -0.15) is 0 Å². The van der Waals surface area contributed by atoms with Crippen molar-refractivity contribution in [2.24, 2.45) is 23.3 Å². The summed E-state index contributed by atoms with van der Waals surface area (Å²) in [4.78, 5) is 281. The average molecular weight is 2100 g/mol. The van der Waals surface area contributed by atoms with Gasteiger partial charge in [-0.25, -0.2) is 32.6 Å². The zero-order valence-corrected chi connectivity index (χ0v) is 89.8. The molecule has 18 atom stereocenters. The Hall–Kier alpha value is -11.6. The van der Waals surface area contributed by atoms with E-state index in [1.807, 2.05) is 13.8 Å². The summed E-state index contributed by atoms with van der Waals surface area (Å²) in [5.74, 6) is -14.9. The minimum atomic E-state index is -2.08. The highest BCUT2D eigenvalue weighted by Gasteiger charge is 2.45. The van der Waals surface area contributed by atoms with Gasteiger partial charge >= 0.3 is 5.97 Å². The monoisotopic (exact) mass is 2100 g/mol. The molecule has 43 nitrogen and oxygen atoms in total. The van der Waals surface area contributed by atoms with Gasteiger partial charge in [0, 0.05) is 95.3 Å². The fraction of sp³-hybridized carbons (Fsp3) is 0.626. The van der Waals surface area contributed by atoms with Gasteiger partial charge in [-0.15, -0.1) is 0 Å². The van der Waals surface area contributed by atoms with E-state index in [1.54, 1.807) is 123 Å². The van der Waals surface area contributed by atoms with Crippen molar-refractivity contribution in [1.29, 1.82) is 0 Å². The number of nitrogens with two attached hydrogens (primary N) is 2. The summed E-state index contributed by atoms with van der Waals surface area (Å²) in [5, 5.41) is 64.1. The largest absolute Gasteiger partial charge is 0.508 e. The maximum absolute atomic E-state index is 15.7. The number of carbonyl (C=O) groups is 20. The number of benzene rings is 3. The summed E-state index contributed by atoms with van der Waals surface area (Å²) in [6, 6.07) is 4.04. The van der Waals surface area contributed by atoms with E-state index in [0.717, 1.165) is 0 Å². The number of fused-ring (bicyclic) bond motifs is 1. The molecule has 832 valence electrons. The summed E-state index contributed by atoms with van der Waals surface area (Å²) in [5.41, 5.74) is 27.0. The number of rotatable bonds is 55. The van der Waals surface area contributed by atoms with Gasteiger partial charge in [0.15, 0.2) is 40.5 Å². The number of hydrogen-bond acceptors (Lipinski definition) is 35. The predicted octanol–water partition coefficient (Wildman–Crippen LogP) is 2.07. The van der Waals surface area contributed by atoms with Crippen molar-refractivity contribution in [3.05, 3.63) is 102 Å². The lowest BCUT2D eigenvalue weighted by Crippen LogP contribution is -2.65. The van der Waals surface area contributed by atoms with Gasteiger partial charge in [0.1, 0.15) is 41.5 Å². The van der Waals surface area contributed by atoms with Crippen LogP contribution >= 0.6 is 0 Å². The number of H-pyrrole nitrogens is 1. The number of phenols is 1. The molecule has 0 radical (unpaired) electrons. The molecule has 43 heteroatoms. The maximum Gasteiger partial charge on any atom is 0.303 e. The molecule has 5 rings (SSSR count). The number of Topliss-reactive ketones (excluding diaryl/α,β-unsaturated/α-hetero) is 13. The van der Waals surface area contributed by atoms with Crippen molar-refractivity contribution in [2.75, 3.05) is 39.4 Å². The maximum atomic E-state index is 15.7. The Kier molecular flexibility index (Phi) is 57.0. The number of aromatic amines is 1. The van der Waals surface area contributed by atoms with Crippen LogP contribution in [0.25, 0.3) is 10.9 Å². The quantitative estimate of drug-likeness (QED) is 0.0130. The molecule has 1 aliphatic heterocycles. The Labute approximate surface area is 879 Å². The molecule has 150 heavy (non-hydrogen) atoms. The van der Waals surface area contributed by atoms with Crippen molar-refractivity contribution in [3.63, 3.8) is 0 Å². The van der Waals surface area contributed by atoms with Crippen LogP contribution in [-0.4, -0.2) is 284 Å². The number of amides is 6. The number of carboxylic acid groups (broad SMARTS) is 1. The van der Waals surface area contributed by atoms with Crippen molar-refractivity contribution >= 4 is 127 Å². The molecule has 1 aromatic heterocycles. The number of aliphatic carboxylic acids is 1. The number of primary amides is 2. The van der Waals surface area contributed by atoms with Crippen LogP contribution in [-0.2, 0) is 115 Å². The van der Waals surface area contributed by atoms with Crippen molar-refractivity contribution < 1.29 is 111 Å². The summed E-state index contributed by atoms with van der Waals surface area (Å²) in [6.07, 6.45) is 1.65. The van der Waals surface area contributed by atoms with Gasteiger partial charge in [0.25, 0.3) is 0 Å². The average Bonchev–Trinajstić information content (AvgIpc) is 1.68. The summed E-state index contributed by atoms with van der Waals surface area (Å²) in [6.45, 7) is 23.5. The number of hydrogen-bond donors (Lipinski definition) is 23. The lowest BCUT2D eigenvalue weighted by molar-refractivity contribution is -0.144. The molecule has 4 aromatic rings. The Morgan fingerprint density at radius 1 is 0.500 bits per heavy atom. The smallest absolute Gasteiger partial charge is 0.303 e. The lowest BCUT2D eigenvalue weighted by Gasteiger charge is -2.33. The van der Waals surface area contributed by atoms with E-state index in [0.29, 0.717) is 79.0 Å². The number of nitrogens with one attached hydrogen (secondary N) is 18. The molecule has 1 fully saturated rings. The molecule has 3 aromatic carbocycles. The minimum absolute atomic E-state index is 0.00289. The lowest BCUT2D eigenvalue weighted by atomic mass is 9.85. The number of ketones is 13. The van der Waals surface area contributed by atoms with E-state index in [4.69, 9.17) is 11.5 Å². The predicted molar refractivity (Wildman–Crippen MR) is 564 cm³/mol. The van der Waals surface area contributed by atoms with Crippen molar-refractivity contribution in [3.8, 4) is 5.75 Å². The third-order valence-electron chi connectivity index (χ3n) is 27.1. The number of aromatic nitrogens is 1. The molecule has 2 heterocycles. The Balaban J connectivity index is 1.44. The fourth-order valence-corrected chi connectivity index (χ4v) is 17.1. The molecule has 0 saturated carbocycles. The molecule has 0 aliphatic carbocycles. The molecule has 25 N–H and O–H groups in total. The number of aliphatic hydroxyl groups is 1. The Morgan fingerprint density at radius 3 is 1.56 bits per heavy atom. The van der Waals surface area contributed by atoms with Gasteiger partial charge in [0.2, 0.25) is 58.6 Å². The van der Waals surface area contributed by atoms with Gasteiger partial charge in [-0.3, -0.25) is 107 Å². The van der Waals surface area contributed by atoms with Crippen LogP contribution in [0.3, 0.4) is 0 Å². The Morgan fingerprint density at radius 2 is 1.01 bits per heavy atom. The normalized spacial score (nSPS) is 21.6. The zero-order valence-electron chi connectivity index (χ0n) is 89.8. The van der Waals surface area contributed by atoms with Crippen LogP contribution in [0.1, 0.15) is 268 Å². The molecule has 1 aliphatic rings. The second-order valence-corrected chi connectivity index (χ2v) is 41.0. The van der Waals surface area contributed by atoms with E-state index in [9.17, 15) is 87.2 Å². The first-order valence-corrected chi connectivity index (χ1v) is 52.5. The number of aliphatic hydroxyl groups excluding tert-OH is 1. The highest BCUT2D eigenvalue weighted by atomic mass is 16.4. The molecule has 0 bridgehead atoms. The molecule has 0 unspecified atom stereocenters. The van der Waals surface area contributed by atoms with Crippen molar-refractivity contribution in [1.82, 2.24) is 96.0 Å². The number of phenolic OH excluding ortho intramolecular Hbond substituents is 1. The molecule has 0 spiro atoms. The minimum Gasteiger partial charge on any atom is -0.508 e. The second-order valence-electron chi connectivity index (χ2n) is 41.0. The second kappa shape index (κ2) is 66.3. The molecular formula is C107H166N20O23. The molecule has 1 saturated heterocycles. The topological polar surface area (TPSA) is 674 Å². The first-order valence-electron chi connectivity index (χ1n) is 52.5. The number of carbonyl (C=O) groups excluding carboxylic acids is 19. The SMILES string of the molecule is CC(=O)N[C@@H](CC(C)C)C(=O)N[C@H](C(=O)C(=O)[C@H](Cc1ccccc1)NN[C@]1(C)CCCCCCCCCCC[C@@](C)(C(=O)CN[C@@H](C)C(=O)CCN[C@@H](C)C(=O)CCN[C@@H](C)C(=O)CCN[C@@H](C)C(=O)CCC(=O)[C@H](C)NCN[C@H](C)C(N)=O)NC(=O)[C@H](CC(C)C)NN[C@@H](CCC(N)=O)C(=O)CN[C@@H](C)C(=O)CC(=O)[C@H](Cc2c[nH]c3ccccc23)NN[C@@H](Cc2ccc(O)cc2)C(=O)N[C@@H](CCC(=O)O)C(=O)C1=O)[C@@H](C)O. The number of para-hydroxylation sites is 1. The highest BCUT2D eigenvalue weighted by Crippen LogP contribution is 2.26. The van der Waals surface area contributed by atoms with Crippen LogP contribution in [0, 0.1) is 11.8 Å². The third-order valence-corrected chi connectivity index (χ3v) is 27.1. The number of aromatic hydroxyl groups is 1. The zero-order chi connectivity index (χ0) is 112. The first-order chi connectivity index (χ1) is 70.8. The van der Waals surface area contributed by atoms with Gasteiger partial charge in [0.05, 0.1) is 103 Å². The molecule has 6 amide bonds. The number of hydrazine groups is 3. The van der Waals surface area contributed by atoms with Crippen LogP contribution in [0.2, 0.25) is 0 Å². The van der Waals surface area contributed by atoms with Gasteiger partial charge in [-0.05, 0) is 174 Å². The summed E-state index contributed by atoms with van der Waals surface area (Å²) in [7, 11) is 0. The van der Waals surface area contributed by atoms with Crippen LogP contribution < -0.4 is 103 Å². The highest BCUT2D eigenvalue weighted by molar-refractivity contribution is 6.43. The Bertz CT molecular complexity index is 5150. The van der Waals surface area contributed by atoms with Crippen LogP contribution in [0.15, 0.2) is 85.1 Å². The van der Waals surface area contributed by atoms with E-state index in [-0.39, 0.29) is 176 Å². The fourth-order valence-electron chi connectivity index (χ4n) is 17.1. The first kappa shape index (κ1) is 129. The third kappa shape index (κ3) is 46.3.